The van der Waals surface area contributed by atoms with E-state index in [1.54, 1.807) is 0 Å². The number of allylic oxidation sites excluding steroid dienone is 6. The summed E-state index contributed by atoms with van der Waals surface area (Å²) in [6, 6.07) is 0. The molecule has 1 radical (unpaired) electrons. The second-order valence-corrected chi connectivity index (χ2v) is 17.1. The van der Waals surface area contributed by atoms with Crippen LogP contribution in [0.25, 0.3) is 0 Å². The molecule has 0 aromatic heterocycles. The molecule has 0 aliphatic rings. The summed E-state index contributed by atoms with van der Waals surface area (Å²) in [5.74, 6) is -2.74. The smallest absolute Gasteiger partial charge is 0.550 e. The predicted octanol–water partition coefficient (Wildman–Crippen LogP) is 14.3. The van der Waals surface area contributed by atoms with Crippen LogP contribution >= 0.6 is 0 Å². The molecule has 0 N–H and O–H groups in total. The van der Waals surface area contributed by atoms with Crippen LogP contribution in [0.3, 0.4) is 0 Å². The van der Waals surface area contributed by atoms with Gasteiger partial charge in [0.1, 0.15) is 0 Å². The zero-order valence-electron chi connectivity index (χ0n) is 40.5. The van der Waals surface area contributed by atoms with Gasteiger partial charge in [0.2, 0.25) is 0 Å². The first-order valence-electron chi connectivity index (χ1n) is 25.9. The Morgan fingerprint density at radius 3 is 0.574 bits per heavy atom. The standard InChI is InChI=1S/3C18H34O2.Sm/c3*1-2-3-4-5-6-7-8-9-10-11-12-13-14-15-16-17-18(19)20;/h3*9-10H,2-8,11-17H2,1H3,(H,19,20);/q;;;+3/p-3/b3*10-9-;. The van der Waals surface area contributed by atoms with Gasteiger partial charge in [0.25, 0.3) is 0 Å². The number of carbonyl (C=O) groups is 3. The van der Waals surface area contributed by atoms with Crippen molar-refractivity contribution in [3.8, 4) is 0 Å². The number of aliphatic carboxylic acids is 3. The molecule has 0 aromatic rings. The molecule has 61 heavy (non-hydrogen) atoms. The summed E-state index contributed by atoms with van der Waals surface area (Å²) < 4.78 is 0. The minimum Gasteiger partial charge on any atom is -0.550 e. The molecule has 357 valence electrons. The molecule has 0 aromatic carbocycles. The van der Waals surface area contributed by atoms with Crippen molar-refractivity contribution < 1.29 is 70.1 Å². The molecule has 0 rings (SSSR count). The van der Waals surface area contributed by atoms with Gasteiger partial charge in [-0.2, -0.15) is 0 Å². The Kier molecular flexibility index (Phi) is 69.0. The predicted molar refractivity (Wildman–Crippen MR) is 253 cm³/mol. The molecule has 0 aliphatic heterocycles. The summed E-state index contributed by atoms with van der Waals surface area (Å²) in [4.78, 5) is 30.6. The van der Waals surface area contributed by atoms with E-state index in [-0.39, 0.29) is 59.7 Å². The third kappa shape index (κ3) is 76.6. The van der Waals surface area contributed by atoms with Gasteiger partial charge in [-0.3, -0.25) is 0 Å². The van der Waals surface area contributed by atoms with Crippen LogP contribution in [-0.4, -0.2) is 17.9 Å². The van der Waals surface area contributed by atoms with Gasteiger partial charge in [0, 0.05) is 17.9 Å². The van der Waals surface area contributed by atoms with Crippen molar-refractivity contribution in [2.75, 3.05) is 0 Å². The van der Waals surface area contributed by atoms with Crippen LogP contribution in [0.2, 0.25) is 0 Å². The van der Waals surface area contributed by atoms with Crippen LogP contribution in [0.1, 0.15) is 290 Å². The summed E-state index contributed by atoms with van der Waals surface area (Å²) >= 11 is 0. The van der Waals surface area contributed by atoms with Crippen molar-refractivity contribution in [1.29, 1.82) is 0 Å². The Hall–Kier alpha value is -1.03. The zero-order chi connectivity index (χ0) is 44.7. The maximum absolute atomic E-state index is 10.2. The first-order valence-corrected chi connectivity index (χ1v) is 25.9. The molecule has 6 nitrogen and oxygen atoms in total. The maximum atomic E-state index is 10.2. The minimum atomic E-state index is -0.914. The van der Waals surface area contributed by atoms with Crippen LogP contribution < -0.4 is 15.3 Å². The van der Waals surface area contributed by atoms with Crippen LogP contribution in [0.4, 0.5) is 0 Å². The van der Waals surface area contributed by atoms with Gasteiger partial charge < -0.3 is 29.7 Å². The summed E-state index contributed by atoms with van der Waals surface area (Å²) in [6.45, 7) is 6.77. The van der Waals surface area contributed by atoms with E-state index < -0.39 is 17.9 Å². The number of rotatable bonds is 45. The van der Waals surface area contributed by atoms with Gasteiger partial charge in [-0.25, -0.2) is 0 Å². The monoisotopic (exact) mass is 996 g/mol. The van der Waals surface area contributed by atoms with Crippen molar-refractivity contribution in [3.05, 3.63) is 36.5 Å². The summed E-state index contributed by atoms with van der Waals surface area (Å²) in [5, 5.41) is 30.6. The van der Waals surface area contributed by atoms with Crippen LogP contribution in [0.15, 0.2) is 36.5 Å². The first kappa shape index (κ1) is 66.6. The second-order valence-electron chi connectivity index (χ2n) is 17.1. The van der Waals surface area contributed by atoms with Gasteiger partial charge >= 0.3 is 40.4 Å². The van der Waals surface area contributed by atoms with Gasteiger partial charge in [0.15, 0.2) is 0 Å². The molecule has 7 heteroatoms. The Bertz CT molecular complexity index is 827. The van der Waals surface area contributed by atoms with Gasteiger partial charge in [-0.15, -0.1) is 0 Å². The normalized spacial score (nSPS) is 11.1. The van der Waals surface area contributed by atoms with E-state index in [1.165, 1.54) is 193 Å². The Morgan fingerprint density at radius 2 is 0.410 bits per heavy atom. The molecule has 0 spiro atoms. The number of hydrogen-bond donors (Lipinski definition) is 0. The number of carboxylic acid groups (broad SMARTS) is 3. The van der Waals surface area contributed by atoms with Crippen molar-refractivity contribution in [3.63, 3.8) is 0 Å². The van der Waals surface area contributed by atoms with Crippen LogP contribution in [-0.2, 0) is 14.4 Å². The average molecular weight is 995 g/mol. The van der Waals surface area contributed by atoms with E-state index in [9.17, 15) is 29.7 Å². The van der Waals surface area contributed by atoms with E-state index in [0.717, 1.165) is 57.8 Å². The number of carboxylic acids is 3. The third-order valence-electron chi connectivity index (χ3n) is 10.9. The quantitative estimate of drug-likeness (QED) is 0.0443. The zero-order valence-corrected chi connectivity index (χ0v) is 43.1. The van der Waals surface area contributed by atoms with Crippen molar-refractivity contribution in [2.45, 2.75) is 290 Å². The molecule has 0 bridgehead atoms. The minimum absolute atomic E-state index is 0. The number of hydrogen-bond acceptors (Lipinski definition) is 6. The van der Waals surface area contributed by atoms with E-state index in [1.807, 2.05) is 0 Å². The molecule has 0 heterocycles. The fourth-order valence-electron chi connectivity index (χ4n) is 7.02. The van der Waals surface area contributed by atoms with Gasteiger partial charge in [-0.1, -0.05) is 211 Å². The molecule has 0 atom stereocenters. The molecule has 0 aliphatic carbocycles. The summed E-state index contributed by atoms with van der Waals surface area (Å²) in [6.07, 6.45) is 62.7. The molecule has 0 saturated heterocycles. The van der Waals surface area contributed by atoms with Gasteiger partial charge in [-0.05, 0) is 116 Å². The Morgan fingerprint density at radius 1 is 0.262 bits per heavy atom. The molecule has 0 unspecified atom stereocenters. The topological polar surface area (TPSA) is 120 Å². The van der Waals surface area contributed by atoms with E-state index in [2.05, 4.69) is 57.2 Å². The largest absolute Gasteiger partial charge is 3.00 e. The van der Waals surface area contributed by atoms with Crippen molar-refractivity contribution in [2.24, 2.45) is 0 Å². The van der Waals surface area contributed by atoms with Crippen LogP contribution in [0, 0.1) is 40.4 Å². The van der Waals surface area contributed by atoms with E-state index in [4.69, 9.17) is 0 Å². The van der Waals surface area contributed by atoms with Crippen LogP contribution in [0.5, 0.6) is 0 Å². The maximum Gasteiger partial charge on any atom is 3.00 e. The number of carbonyl (C=O) groups excluding carboxylic acids is 3. The molecular formula is C54H99O6Sm. The third-order valence-corrected chi connectivity index (χ3v) is 10.9. The fourth-order valence-corrected chi connectivity index (χ4v) is 7.02. The van der Waals surface area contributed by atoms with Crippen molar-refractivity contribution in [1.82, 2.24) is 0 Å². The molecule has 0 amide bonds. The first-order chi connectivity index (χ1) is 29.3. The Labute approximate surface area is 411 Å². The second kappa shape index (κ2) is 63.3. The molecule has 0 fully saturated rings. The van der Waals surface area contributed by atoms with Crippen molar-refractivity contribution >= 4 is 17.9 Å². The summed E-state index contributed by atoms with van der Waals surface area (Å²) in [7, 11) is 0. The average Bonchev–Trinajstić information content (AvgIpc) is 3.22. The molecule has 0 saturated carbocycles. The summed E-state index contributed by atoms with van der Waals surface area (Å²) in [5.41, 5.74) is 0. The molecular weight excluding hydrogens is 895 g/mol. The SMILES string of the molecule is CCCCCCCC/C=C\CCCCCCCC(=O)[O-].CCCCCCCC/C=C\CCCCCCCC(=O)[O-].CCCCCCCC/C=C\CCCCCCCC(=O)[O-].[Sm+3]. The van der Waals surface area contributed by atoms with Gasteiger partial charge in [0.05, 0.1) is 0 Å². The fraction of sp³-hybridized carbons (Fsp3) is 0.833. The van der Waals surface area contributed by atoms with E-state index >= 15 is 0 Å². The number of unbranched alkanes of at least 4 members (excludes halogenated alkanes) is 33. The van der Waals surface area contributed by atoms with E-state index in [0.29, 0.717) is 0 Å². The Balaban J connectivity index is -0.000000396.